The second-order valence-corrected chi connectivity index (χ2v) is 11.1. The van der Waals surface area contributed by atoms with E-state index in [1.807, 2.05) is 0 Å². The van der Waals surface area contributed by atoms with E-state index in [4.69, 9.17) is 21.4 Å². The maximum atomic E-state index is 14.7. The van der Waals surface area contributed by atoms with Gasteiger partial charge in [-0.1, -0.05) is 18.5 Å². The van der Waals surface area contributed by atoms with Gasteiger partial charge in [-0.25, -0.2) is 32.3 Å². The molecule has 0 aliphatic heterocycles. The SMILES string of the molecule is CCS(=O)(=O)c1ccc(-n2cc(-c3ncnc(Cl)c3OC[C@H]3CC[C@@H](NC(=O)O)CC3)cn2)c(F)c1. The highest BCUT2D eigenvalue weighted by Gasteiger charge is 2.24. The maximum absolute atomic E-state index is 14.7. The normalized spacial score (nSPS) is 18.1. The Kier molecular flexibility index (Phi) is 7.74. The summed E-state index contributed by atoms with van der Waals surface area (Å²) in [5, 5.41) is 15.7. The number of nitrogens with zero attached hydrogens (tertiary/aromatic N) is 4. The van der Waals surface area contributed by atoms with Crippen molar-refractivity contribution in [1.82, 2.24) is 25.1 Å². The van der Waals surface area contributed by atoms with Crippen LogP contribution in [-0.2, 0) is 9.84 Å². The van der Waals surface area contributed by atoms with Crippen LogP contribution in [0.3, 0.4) is 0 Å². The number of carboxylic acid groups (broad SMARTS) is 1. The van der Waals surface area contributed by atoms with Crippen molar-refractivity contribution in [1.29, 1.82) is 0 Å². The highest BCUT2D eigenvalue weighted by molar-refractivity contribution is 7.91. The van der Waals surface area contributed by atoms with Gasteiger partial charge in [-0.15, -0.1) is 0 Å². The summed E-state index contributed by atoms with van der Waals surface area (Å²) >= 11 is 6.30. The van der Waals surface area contributed by atoms with E-state index in [0.29, 0.717) is 17.9 Å². The lowest BCUT2D eigenvalue weighted by molar-refractivity contribution is 0.169. The van der Waals surface area contributed by atoms with Crippen LogP contribution in [0.25, 0.3) is 16.9 Å². The number of ether oxygens (including phenoxy) is 1. The Morgan fingerprint density at radius 3 is 2.69 bits per heavy atom. The summed E-state index contributed by atoms with van der Waals surface area (Å²) in [6.07, 6.45) is 6.33. The Labute approximate surface area is 212 Å². The topological polar surface area (TPSA) is 136 Å². The second kappa shape index (κ2) is 10.8. The molecule has 36 heavy (non-hydrogen) atoms. The van der Waals surface area contributed by atoms with Gasteiger partial charge in [0.05, 0.1) is 23.5 Å². The van der Waals surface area contributed by atoms with Gasteiger partial charge in [-0.3, -0.25) is 0 Å². The zero-order chi connectivity index (χ0) is 25.9. The van der Waals surface area contributed by atoms with E-state index >= 15 is 0 Å². The minimum Gasteiger partial charge on any atom is -0.488 e. The van der Waals surface area contributed by atoms with Crippen molar-refractivity contribution in [2.45, 2.75) is 43.5 Å². The molecule has 1 aromatic carbocycles. The monoisotopic (exact) mass is 537 g/mol. The molecule has 0 bridgehead atoms. The quantitative estimate of drug-likeness (QED) is 0.409. The minimum atomic E-state index is -3.54. The highest BCUT2D eigenvalue weighted by Crippen LogP contribution is 2.35. The van der Waals surface area contributed by atoms with Crippen LogP contribution >= 0.6 is 11.6 Å². The molecule has 192 valence electrons. The summed E-state index contributed by atoms with van der Waals surface area (Å²) in [6.45, 7) is 1.85. The summed E-state index contributed by atoms with van der Waals surface area (Å²) < 4.78 is 46.1. The molecule has 0 saturated heterocycles. The molecule has 3 aromatic rings. The number of halogens is 2. The second-order valence-electron chi connectivity index (χ2n) is 8.51. The molecule has 1 aliphatic carbocycles. The van der Waals surface area contributed by atoms with Crippen LogP contribution in [0.1, 0.15) is 32.6 Å². The summed E-state index contributed by atoms with van der Waals surface area (Å²) in [5.74, 6) is -0.371. The predicted molar refractivity (Wildman–Crippen MR) is 130 cm³/mol. The van der Waals surface area contributed by atoms with Crippen molar-refractivity contribution in [2.75, 3.05) is 12.4 Å². The molecule has 10 nitrogen and oxygen atoms in total. The van der Waals surface area contributed by atoms with E-state index in [1.165, 1.54) is 36.3 Å². The highest BCUT2D eigenvalue weighted by atomic mass is 35.5. The number of hydrogen-bond donors (Lipinski definition) is 2. The number of aromatic nitrogens is 4. The average molecular weight is 538 g/mol. The standard InChI is InChI=1S/C23H25ClFN5O5S/c1-2-36(33,34)17-7-8-19(18(25)9-17)30-11-15(10-28-30)20-21(22(24)27-13-26-20)35-12-14-3-5-16(6-4-14)29-23(31)32/h7-11,13-14,16,29H,2-6,12H2,1H3,(H,31,32)/t14-,16+. The predicted octanol–water partition coefficient (Wildman–Crippen LogP) is 4.12. The number of benzene rings is 1. The van der Waals surface area contributed by atoms with Crippen molar-refractivity contribution in [2.24, 2.45) is 5.92 Å². The largest absolute Gasteiger partial charge is 0.488 e. The first-order valence-electron chi connectivity index (χ1n) is 11.4. The zero-order valence-corrected chi connectivity index (χ0v) is 21.0. The lowest BCUT2D eigenvalue weighted by Crippen LogP contribution is -2.37. The van der Waals surface area contributed by atoms with Crippen LogP contribution in [-0.4, -0.2) is 57.8 Å². The molecule has 1 fully saturated rings. The molecule has 2 N–H and O–H groups in total. The number of rotatable bonds is 8. The van der Waals surface area contributed by atoms with Gasteiger partial charge in [0.25, 0.3) is 0 Å². The Morgan fingerprint density at radius 2 is 2.03 bits per heavy atom. The Morgan fingerprint density at radius 1 is 1.28 bits per heavy atom. The molecule has 0 spiro atoms. The first-order chi connectivity index (χ1) is 17.2. The lowest BCUT2D eigenvalue weighted by Gasteiger charge is -2.28. The smallest absolute Gasteiger partial charge is 0.404 e. The molecule has 2 aromatic heterocycles. The molecule has 1 saturated carbocycles. The van der Waals surface area contributed by atoms with Crippen molar-refractivity contribution in [3.63, 3.8) is 0 Å². The number of carbonyl (C=O) groups is 1. The molecular weight excluding hydrogens is 513 g/mol. The number of amides is 1. The first-order valence-corrected chi connectivity index (χ1v) is 13.4. The van der Waals surface area contributed by atoms with E-state index in [2.05, 4.69) is 20.4 Å². The van der Waals surface area contributed by atoms with Crippen LogP contribution in [0.5, 0.6) is 5.75 Å². The Balaban J connectivity index is 1.51. The summed E-state index contributed by atoms with van der Waals surface area (Å²) in [4.78, 5) is 19.0. The van der Waals surface area contributed by atoms with E-state index in [-0.39, 0.29) is 39.2 Å². The van der Waals surface area contributed by atoms with Crippen molar-refractivity contribution in [3.05, 3.63) is 47.9 Å². The maximum Gasteiger partial charge on any atom is 0.404 e. The van der Waals surface area contributed by atoms with Crippen LogP contribution < -0.4 is 10.1 Å². The molecule has 1 amide bonds. The van der Waals surface area contributed by atoms with Gasteiger partial charge in [0.15, 0.2) is 20.7 Å². The zero-order valence-electron chi connectivity index (χ0n) is 19.4. The van der Waals surface area contributed by atoms with Crippen molar-refractivity contribution < 1.29 is 27.4 Å². The third-order valence-corrected chi connectivity index (χ3v) is 8.16. The molecule has 4 rings (SSSR count). The fourth-order valence-electron chi connectivity index (χ4n) is 4.15. The summed E-state index contributed by atoms with van der Waals surface area (Å²) in [6, 6.07) is 3.62. The lowest BCUT2D eigenvalue weighted by atomic mass is 9.86. The van der Waals surface area contributed by atoms with Gasteiger partial charge in [-0.05, 0) is 49.8 Å². The van der Waals surface area contributed by atoms with Crippen molar-refractivity contribution >= 4 is 27.5 Å². The number of hydrogen-bond acceptors (Lipinski definition) is 7. The van der Waals surface area contributed by atoms with E-state index in [1.54, 1.807) is 6.20 Å². The molecule has 0 unspecified atom stereocenters. The third kappa shape index (κ3) is 5.76. The van der Waals surface area contributed by atoms with Crippen LogP contribution in [0.15, 0.2) is 41.8 Å². The summed E-state index contributed by atoms with van der Waals surface area (Å²) in [7, 11) is -3.54. The summed E-state index contributed by atoms with van der Waals surface area (Å²) in [5.41, 5.74) is 0.965. The third-order valence-electron chi connectivity index (χ3n) is 6.16. The fourth-order valence-corrected chi connectivity index (χ4v) is 5.22. The Hall–Kier alpha value is -3.25. The van der Waals surface area contributed by atoms with Gasteiger partial charge < -0.3 is 15.2 Å². The van der Waals surface area contributed by atoms with Crippen LogP contribution in [0, 0.1) is 11.7 Å². The molecule has 1 aliphatic rings. The molecule has 2 heterocycles. The Bertz CT molecular complexity index is 1360. The fraction of sp³-hybridized carbons (Fsp3) is 0.391. The van der Waals surface area contributed by atoms with Crippen LogP contribution in [0.2, 0.25) is 5.15 Å². The molecule has 0 radical (unpaired) electrons. The number of nitrogens with one attached hydrogen (secondary N) is 1. The molecular formula is C23H25ClFN5O5S. The van der Waals surface area contributed by atoms with Gasteiger partial charge in [0.1, 0.15) is 23.5 Å². The van der Waals surface area contributed by atoms with Crippen molar-refractivity contribution in [3.8, 4) is 22.7 Å². The van der Waals surface area contributed by atoms with Crippen LogP contribution in [0.4, 0.5) is 9.18 Å². The molecule has 0 atom stereocenters. The first kappa shape index (κ1) is 25.8. The van der Waals surface area contributed by atoms with Gasteiger partial charge >= 0.3 is 6.09 Å². The molecule has 13 heteroatoms. The van der Waals surface area contributed by atoms with E-state index in [9.17, 15) is 17.6 Å². The van der Waals surface area contributed by atoms with E-state index in [0.717, 1.165) is 31.7 Å². The van der Waals surface area contributed by atoms with Gasteiger partial charge in [0.2, 0.25) is 0 Å². The van der Waals surface area contributed by atoms with E-state index < -0.39 is 21.7 Å². The average Bonchev–Trinajstić information content (AvgIpc) is 3.33. The van der Waals surface area contributed by atoms with Gasteiger partial charge in [0, 0.05) is 17.8 Å². The van der Waals surface area contributed by atoms with Gasteiger partial charge in [-0.2, -0.15) is 5.10 Å². The minimum absolute atomic E-state index is 0.0552. The number of sulfone groups is 1.